The van der Waals surface area contributed by atoms with Gasteiger partial charge in [-0.1, -0.05) is 26.2 Å². The molecule has 0 heterocycles. The second-order valence-electron chi connectivity index (χ2n) is 5.64. The number of hydrogen-bond acceptors (Lipinski definition) is 2. The van der Waals surface area contributed by atoms with Crippen molar-refractivity contribution in [2.75, 3.05) is 6.54 Å². The normalized spacial score (nSPS) is 25.2. The Morgan fingerprint density at radius 1 is 1.39 bits per heavy atom. The molecular weight excluding hydrogens is 224 g/mol. The predicted molar refractivity (Wildman–Crippen MR) is 72.8 cm³/mol. The molecule has 1 unspecified atom stereocenters. The Hall–Kier alpha value is -1.04. The van der Waals surface area contributed by atoms with Crippen molar-refractivity contribution in [2.45, 2.75) is 58.8 Å². The summed E-state index contributed by atoms with van der Waals surface area (Å²) in [4.78, 5) is 11.9. The first-order chi connectivity index (χ1) is 8.67. The molecule has 1 rings (SSSR count). The summed E-state index contributed by atoms with van der Waals surface area (Å²) in [6.07, 6.45) is 8.38. The molecule has 0 aromatic carbocycles. The van der Waals surface area contributed by atoms with Crippen molar-refractivity contribution in [3.05, 3.63) is 0 Å². The van der Waals surface area contributed by atoms with Gasteiger partial charge in [-0.15, -0.1) is 0 Å². The fourth-order valence-corrected chi connectivity index (χ4v) is 2.65. The third-order valence-electron chi connectivity index (χ3n) is 3.99. The van der Waals surface area contributed by atoms with E-state index in [0.717, 1.165) is 18.8 Å². The highest BCUT2D eigenvalue weighted by molar-refractivity contribution is 5.78. The van der Waals surface area contributed by atoms with E-state index in [1.165, 1.54) is 32.1 Å². The summed E-state index contributed by atoms with van der Waals surface area (Å²) < 4.78 is 0. The maximum atomic E-state index is 11.9. The SMILES string of the molecule is CCCCC1CCC(C(=O)NCC(C)C#N)CC1. The molecule has 1 aliphatic carbocycles. The van der Waals surface area contributed by atoms with E-state index >= 15 is 0 Å². The Morgan fingerprint density at radius 3 is 2.61 bits per heavy atom. The largest absolute Gasteiger partial charge is 0.355 e. The van der Waals surface area contributed by atoms with Crippen LogP contribution in [0.3, 0.4) is 0 Å². The minimum Gasteiger partial charge on any atom is -0.355 e. The van der Waals surface area contributed by atoms with Crippen LogP contribution in [0.2, 0.25) is 0 Å². The van der Waals surface area contributed by atoms with E-state index in [-0.39, 0.29) is 17.7 Å². The van der Waals surface area contributed by atoms with Gasteiger partial charge in [0.05, 0.1) is 12.0 Å². The first-order valence-corrected chi connectivity index (χ1v) is 7.34. The van der Waals surface area contributed by atoms with Crippen LogP contribution in [0.15, 0.2) is 0 Å². The highest BCUT2D eigenvalue weighted by Crippen LogP contribution is 2.31. The van der Waals surface area contributed by atoms with Crippen molar-refractivity contribution in [3.8, 4) is 6.07 Å². The van der Waals surface area contributed by atoms with Gasteiger partial charge >= 0.3 is 0 Å². The molecule has 1 saturated carbocycles. The van der Waals surface area contributed by atoms with Crippen LogP contribution in [-0.2, 0) is 4.79 Å². The Bertz CT molecular complexity index is 287. The van der Waals surface area contributed by atoms with Crippen LogP contribution in [-0.4, -0.2) is 12.5 Å². The molecule has 1 atom stereocenters. The Kier molecular flexibility index (Phi) is 6.78. The van der Waals surface area contributed by atoms with Crippen LogP contribution in [0.4, 0.5) is 0 Å². The smallest absolute Gasteiger partial charge is 0.223 e. The molecule has 0 bridgehead atoms. The quantitative estimate of drug-likeness (QED) is 0.786. The van der Waals surface area contributed by atoms with Gasteiger partial charge in [-0.05, 0) is 38.5 Å². The number of carbonyl (C=O) groups excluding carboxylic acids is 1. The number of hydrogen-bond donors (Lipinski definition) is 1. The summed E-state index contributed by atoms with van der Waals surface area (Å²) in [7, 11) is 0. The number of nitrogens with zero attached hydrogens (tertiary/aromatic N) is 1. The van der Waals surface area contributed by atoms with E-state index in [1.54, 1.807) is 0 Å². The van der Waals surface area contributed by atoms with Gasteiger partial charge in [-0.3, -0.25) is 4.79 Å². The molecule has 3 nitrogen and oxygen atoms in total. The molecular formula is C15H26N2O. The van der Waals surface area contributed by atoms with Gasteiger partial charge in [0.2, 0.25) is 5.91 Å². The highest BCUT2D eigenvalue weighted by atomic mass is 16.1. The van der Waals surface area contributed by atoms with Crippen LogP contribution in [0.25, 0.3) is 0 Å². The lowest BCUT2D eigenvalue weighted by molar-refractivity contribution is -0.126. The van der Waals surface area contributed by atoms with Gasteiger partial charge in [0.1, 0.15) is 0 Å². The van der Waals surface area contributed by atoms with Crippen LogP contribution >= 0.6 is 0 Å². The third-order valence-corrected chi connectivity index (χ3v) is 3.99. The number of nitriles is 1. The second-order valence-corrected chi connectivity index (χ2v) is 5.64. The molecule has 0 radical (unpaired) electrons. The minimum absolute atomic E-state index is 0.0881. The Balaban J connectivity index is 2.21. The van der Waals surface area contributed by atoms with Crippen molar-refractivity contribution in [1.29, 1.82) is 5.26 Å². The van der Waals surface area contributed by atoms with Gasteiger partial charge in [0, 0.05) is 12.5 Å². The lowest BCUT2D eigenvalue weighted by Crippen LogP contribution is -2.35. The van der Waals surface area contributed by atoms with E-state index in [9.17, 15) is 4.79 Å². The van der Waals surface area contributed by atoms with Crippen LogP contribution in [0, 0.1) is 29.1 Å². The Morgan fingerprint density at radius 2 is 2.06 bits per heavy atom. The molecule has 0 aromatic heterocycles. The Labute approximate surface area is 111 Å². The topological polar surface area (TPSA) is 52.9 Å². The van der Waals surface area contributed by atoms with Gasteiger partial charge in [-0.2, -0.15) is 5.26 Å². The first-order valence-electron chi connectivity index (χ1n) is 7.34. The van der Waals surface area contributed by atoms with Crippen molar-refractivity contribution in [1.82, 2.24) is 5.32 Å². The summed E-state index contributed by atoms with van der Waals surface area (Å²) in [5.41, 5.74) is 0. The number of nitrogens with one attached hydrogen (secondary N) is 1. The van der Waals surface area contributed by atoms with E-state index in [4.69, 9.17) is 5.26 Å². The van der Waals surface area contributed by atoms with Gasteiger partial charge in [0.25, 0.3) is 0 Å². The molecule has 1 aliphatic rings. The van der Waals surface area contributed by atoms with Crippen LogP contribution in [0.5, 0.6) is 0 Å². The molecule has 3 heteroatoms. The van der Waals surface area contributed by atoms with Crippen LogP contribution < -0.4 is 5.32 Å². The summed E-state index contributed by atoms with van der Waals surface area (Å²) in [6.45, 7) is 4.56. The zero-order chi connectivity index (χ0) is 13.4. The fraction of sp³-hybridized carbons (Fsp3) is 0.867. The van der Waals surface area contributed by atoms with Crippen molar-refractivity contribution < 1.29 is 4.79 Å². The summed E-state index contributed by atoms with van der Waals surface area (Å²) >= 11 is 0. The summed E-state index contributed by atoms with van der Waals surface area (Å²) in [5.74, 6) is 1.10. The molecule has 1 N–H and O–H groups in total. The second kappa shape index (κ2) is 8.13. The predicted octanol–water partition coefficient (Wildman–Crippen LogP) is 3.26. The van der Waals surface area contributed by atoms with Crippen molar-refractivity contribution in [3.63, 3.8) is 0 Å². The molecule has 1 fully saturated rings. The van der Waals surface area contributed by atoms with Crippen molar-refractivity contribution >= 4 is 5.91 Å². The zero-order valence-electron chi connectivity index (χ0n) is 11.7. The third kappa shape index (κ3) is 5.08. The zero-order valence-corrected chi connectivity index (χ0v) is 11.7. The summed E-state index contributed by atoms with van der Waals surface area (Å²) in [5, 5.41) is 11.6. The average Bonchev–Trinajstić information content (AvgIpc) is 2.42. The van der Waals surface area contributed by atoms with Gasteiger partial charge in [-0.25, -0.2) is 0 Å². The van der Waals surface area contributed by atoms with E-state index in [2.05, 4.69) is 18.3 Å². The number of carbonyl (C=O) groups is 1. The monoisotopic (exact) mass is 250 g/mol. The maximum absolute atomic E-state index is 11.9. The van der Waals surface area contributed by atoms with Gasteiger partial charge < -0.3 is 5.32 Å². The number of rotatable bonds is 6. The van der Waals surface area contributed by atoms with E-state index < -0.39 is 0 Å². The molecule has 0 aliphatic heterocycles. The first kappa shape index (κ1) is 15.0. The highest BCUT2D eigenvalue weighted by Gasteiger charge is 2.25. The molecule has 0 spiro atoms. The van der Waals surface area contributed by atoms with E-state index in [1.807, 2.05) is 6.92 Å². The van der Waals surface area contributed by atoms with E-state index in [0.29, 0.717) is 6.54 Å². The number of amides is 1. The lowest BCUT2D eigenvalue weighted by atomic mass is 9.79. The molecule has 0 saturated heterocycles. The molecule has 18 heavy (non-hydrogen) atoms. The van der Waals surface area contributed by atoms with Crippen LogP contribution in [0.1, 0.15) is 58.8 Å². The maximum Gasteiger partial charge on any atom is 0.223 e. The fourth-order valence-electron chi connectivity index (χ4n) is 2.65. The standard InChI is InChI=1S/C15H26N2O/c1-3-4-5-13-6-8-14(9-7-13)15(18)17-11-12(2)10-16/h12-14H,3-9,11H2,1-2H3,(H,17,18). The molecule has 1 amide bonds. The summed E-state index contributed by atoms with van der Waals surface area (Å²) in [6, 6.07) is 2.14. The minimum atomic E-state index is -0.0881. The lowest BCUT2D eigenvalue weighted by Gasteiger charge is -2.27. The van der Waals surface area contributed by atoms with Crippen molar-refractivity contribution in [2.24, 2.45) is 17.8 Å². The van der Waals surface area contributed by atoms with Gasteiger partial charge in [0.15, 0.2) is 0 Å². The molecule has 0 aromatic rings. The number of unbranched alkanes of at least 4 members (excludes halogenated alkanes) is 1. The average molecular weight is 250 g/mol. The molecule has 102 valence electrons.